The molecule has 3 rings (SSSR count). The van der Waals surface area contributed by atoms with Gasteiger partial charge in [-0.15, -0.1) is 0 Å². The van der Waals surface area contributed by atoms with Crippen LogP contribution in [0.5, 0.6) is 0 Å². The summed E-state index contributed by atoms with van der Waals surface area (Å²) in [6, 6.07) is 11.9. The van der Waals surface area contributed by atoms with Gasteiger partial charge in [0.25, 0.3) is 0 Å². The van der Waals surface area contributed by atoms with Gasteiger partial charge in [-0.25, -0.2) is 0 Å². The monoisotopic (exact) mass is 268 g/mol. The number of furan rings is 1. The van der Waals surface area contributed by atoms with Crippen LogP contribution in [0, 0.1) is 0 Å². The van der Waals surface area contributed by atoms with E-state index in [2.05, 4.69) is 22.4 Å². The van der Waals surface area contributed by atoms with Crippen molar-refractivity contribution in [3.8, 4) is 0 Å². The number of H-pyrrole nitrogens is 1. The van der Waals surface area contributed by atoms with E-state index >= 15 is 0 Å². The van der Waals surface area contributed by atoms with E-state index < -0.39 is 0 Å². The molecule has 4 heteroatoms. The highest BCUT2D eigenvalue weighted by molar-refractivity contribution is 5.80. The van der Waals surface area contributed by atoms with Crippen LogP contribution in [0.4, 0.5) is 0 Å². The number of benzene rings is 1. The number of aromatic nitrogens is 1. The van der Waals surface area contributed by atoms with E-state index in [0.717, 1.165) is 17.7 Å². The third-order valence-corrected chi connectivity index (χ3v) is 3.30. The number of aromatic amines is 1. The average Bonchev–Trinajstić information content (AvgIpc) is 3.13. The number of aryl methyl sites for hydroxylation is 1. The van der Waals surface area contributed by atoms with Crippen molar-refractivity contribution in [1.82, 2.24) is 10.3 Å². The molecule has 0 spiro atoms. The largest absolute Gasteiger partial charge is 0.467 e. The Morgan fingerprint density at radius 3 is 3.05 bits per heavy atom. The first-order valence-electron chi connectivity index (χ1n) is 6.66. The lowest BCUT2D eigenvalue weighted by molar-refractivity contribution is -0.121. The maximum atomic E-state index is 11.8. The van der Waals surface area contributed by atoms with Gasteiger partial charge in [-0.3, -0.25) is 4.79 Å². The van der Waals surface area contributed by atoms with Gasteiger partial charge in [0.05, 0.1) is 12.8 Å². The van der Waals surface area contributed by atoms with Crippen molar-refractivity contribution in [2.75, 3.05) is 0 Å². The molecule has 0 atom stereocenters. The predicted molar refractivity (Wildman–Crippen MR) is 77.2 cm³/mol. The van der Waals surface area contributed by atoms with E-state index in [0.29, 0.717) is 13.0 Å². The zero-order chi connectivity index (χ0) is 13.8. The molecule has 0 aliphatic heterocycles. The molecule has 20 heavy (non-hydrogen) atoms. The first-order chi connectivity index (χ1) is 9.81. The van der Waals surface area contributed by atoms with Gasteiger partial charge in [0.2, 0.25) is 5.91 Å². The van der Waals surface area contributed by atoms with Crippen LogP contribution in [0.25, 0.3) is 10.9 Å². The maximum Gasteiger partial charge on any atom is 0.220 e. The van der Waals surface area contributed by atoms with Crippen molar-refractivity contribution < 1.29 is 9.21 Å². The molecule has 0 radical (unpaired) electrons. The van der Waals surface area contributed by atoms with Crippen LogP contribution in [-0.2, 0) is 17.8 Å². The van der Waals surface area contributed by atoms with E-state index in [1.54, 1.807) is 6.26 Å². The third kappa shape index (κ3) is 2.91. The molecule has 102 valence electrons. The molecule has 0 unspecified atom stereocenters. The first-order valence-corrected chi connectivity index (χ1v) is 6.66. The summed E-state index contributed by atoms with van der Waals surface area (Å²) in [4.78, 5) is 14.9. The van der Waals surface area contributed by atoms with E-state index in [1.807, 2.05) is 30.5 Å². The van der Waals surface area contributed by atoms with Crippen LogP contribution in [0.15, 0.2) is 53.3 Å². The maximum absolute atomic E-state index is 11.8. The zero-order valence-electron chi connectivity index (χ0n) is 11.1. The Kier molecular flexibility index (Phi) is 3.54. The van der Waals surface area contributed by atoms with E-state index in [4.69, 9.17) is 4.42 Å². The third-order valence-electron chi connectivity index (χ3n) is 3.30. The Labute approximate surface area is 116 Å². The van der Waals surface area contributed by atoms with E-state index in [9.17, 15) is 4.79 Å². The van der Waals surface area contributed by atoms with Crippen molar-refractivity contribution in [3.05, 3.63) is 60.2 Å². The molecule has 2 N–H and O–H groups in total. The van der Waals surface area contributed by atoms with Crippen molar-refractivity contribution in [1.29, 1.82) is 0 Å². The number of carbonyl (C=O) groups excluding carboxylic acids is 1. The molecule has 0 aliphatic carbocycles. The van der Waals surface area contributed by atoms with Crippen molar-refractivity contribution in [2.45, 2.75) is 19.4 Å². The SMILES string of the molecule is O=C(CCc1ccc2[nH]ccc2c1)NCc1ccco1. The molecular weight excluding hydrogens is 252 g/mol. The fraction of sp³-hybridized carbons (Fsp3) is 0.188. The van der Waals surface area contributed by atoms with Gasteiger partial charge in [-0.2, -0.15) is 0 Å². The molecular formula is C16H16N2O2. The lowest BCUT2D eigenvalue weighted by Gasteiger charge is -2.04. The summed E-state index contributed by atoms with van der Waals surface area (Å²) < 4.78 is 5.17. The van der Waals surface area contributed by atoms with Gasteiger partial charge in [0, 0.05) is 18.1 Å². The fourth-order valence-corrected chi connectivity index (χ4v) is 2.20. The lowest BCUT2D eigenvalue weighted by atomic mass is 10.1. The lowest BCUT2D eigenvalue weighted by Crippen LogP contribution is -2.22. The van der Waals surface area contributed by atoms with Crippen molar-refractivity contribution >= 4 is 16.8 Å². The van der Waals surface area contributed by atoms with Crippen LogP contribution in [-0.4, -0.2) is 10.9 Å². The standard InChI is InChI=1S/C16H16N2O2/c19-16(18-11-14-2-1-9-20-14)6-4-12-3-5-15-13(10-12)7-8-17-15/h1-3,5,7-10,17H,4,6,11H2,(H,18,19). The summed E-state index contributed by atoms with van der Waals surface area (Å²) in [7, 11) is 0. The number of hydrogen-bond acceptors (Lipinski definition) is 2. The van der Waals surface area contributed by atoms with Crippen molar-refractivity contribution in [3.63, 3.8) is 0 Å². The van der Waals surface area contributed by atoms with Crippen LogP contribution in [0.1, 0.15) is 17.7 Å². The van der Waals surface area contributed by atoms with Crippen LogP contribution >= 0.6 is 0 Å². The number of carbonyl (C=O) groups is 1. The Morgan fingerprint density at radius 1 is 1.25 bits per heavy atom. The second kappa shape index (κ2) is 5.65. The molecule has 4 nitrogen and oxygen atoms in total. The van der Waals surface area contributed by atoms with Crippen molar-refractivity contribution in [2.24, 2.45) is 0 Å². The number of rotatable bonds is 5. The average molecular weight is 268 g/mol. The smallest absolute Gasteiger partial charge is 0.220 e. The number of fused-ring (bicyclic) bond motifs is 1. The minimum Gasteiger partial charge on any atom is -0.467 e. The van der Waals surface area contributed by atoms with Gasteiger partial charge >= 0.3 is 0 Å². The van der Waals surface area contributed by atoms with Gasteiger partial charge < -0.3 is 14.7 Å². The molecule has 3 aromatic rings. The normalized spacial score (nSPS) is 10.8. The Hall–Kier alpha value is -2.49. The number of hydrogen-bond donors (Lipinski definition) is 2. The number of nitrogens with one attached hydrogen (secondary N) is 2. The summed E-state index contributed by atoms with van der Waals surface area (Å²) >= 11 is 0. The highest BCUT2D eigenvalue weighted by atomic mass is 16.3. The second-order valence-corrected chi connectivity index (χ2v) is 4.76. The topological polar surface area (TPSA) is 58.0 Å². The van der Waals surface area contributed by atoms with Crippen LogP contribution in [0.3, 0.4) is 0 Å². The second-order valence-electron chi connectivity index (χ2n) is 4.76. The fourth-order valence-electron chi connectivity index (χ4n) is 2.20. The van der Waals surface area contributed by atoms with E-state index in [-0.39, 0.29) is 5.91 Å². The highest BCUT2D eigenvalue weighted by Gasteiger charge is 2.04. The molecule has 0 bridgehead atoms. The quantitative estimate of drug-likeness (QED) is 0.747. The Bertz CT molecular complexity index is 698. The molecule has 0 fully saturated rings. The van der Waals surface area contributed by atoms with Crippen LogP contribution < -0.4 is 5.32 Å². The minimum absolute atomic E-state index is 0.0376. The molecule has 1 amide bonds. The predicted octanol–water partition coefficient (Wildman–Crippen LogP) is 3.01. The summed E-state index contributed by atoms with van der Waals surface area (Å²) in [6.45, 7) is 0.447. The minimum atomic E-state index is 0.0376. The molecule has 0 saturated heterocycles. The molecule has 0 aliphatic rings. The Balaban J connectivity index is 1.51. The molecule has 2 aromatic heterocycles. The first kappa shape index (κ1) is 12.5. The van der Waals surface area contributed by atoms with Gasteiger partial charge in [-0.05, 0) is 47.7 Å². The summed E-state index contributed by atoms with van der Waals surface area (Å²) in [6.07, 6.45) is 4.75. The highest BCUT2D eigenvalue weighted by Crippen LogP contribution is 2.15. The Morgan fingerprint density at radius 2 is 2.20 bits per heavy atom. The van der Waals surface area contributed by atoms with Gasteiger partial charge in [-0.1, -0.05) is 6.07 Å². The van der Waals surface area contributed by atoms with Crippen LogP contribution in [0.2, 0.25) is 0 Å². The number of amides is 1. The van der Waals surface area contributed by atoms with Gasteiger partial charge in [0.1, 0.15) is 5.76 Å². The van der Waals surface area contributed by atoms with E-state index in [1.165, 1.54) is 10.9 Å². The zero-order valence-corrected chi connectivity index (χ0v) is 11.1. The van der Waals surface area contributed by atoms with Gasteiger partial charge in [0.15, 0.2) is 0 Å². The summed E-state index contributed by atoms with van der Waals surface area (Å²) in [5, 5.41) is 4.03. The molecule has 1 aromatic carbocycles. The molecule has 2 heterocycles. The summed E-state index contributed by atoms with van der Waals surface area (Å²) in [5.74, 6) is 0.808. The molecule has 0 saturated carbocycles. The summed E-state index contributed by atoms with van der Waals surface area (Å²) in [5.41, 5.74) is 2.29.